The first-order valence-corrected chi connectivity index (χ1v) is 6.16. The molecule has 0 fully saturated rings. The van der Waals surface area contributed by atoms with Crippen molar-refractivity contribution in [1.29, 1.82) is 0 Å². The van der Waals surface area contributed by atoms with Crippen LogP contribution in [-0.2, 0) is 0 Å². The molecule has 0 spiro atoms. The number of hydrazone groups is 1. The van der Waals surface area contributed by atoms with E-state index in [1.807, 2.05) is 0 Å². The maximum atomic E-state index is 12.8. The van der Waals surface area contributed by atoms with E-state index in [0.29, 0.717) is 16.9 Å². The van der Waals surface area contributed by atoms with Crippen LogP contribution in [0.1, 0.15) is 23.4 Å². The summed E-state index contributed by atoms with van der Waals surface area (Å²) in [7, 11) is 0. The van der Waals surface area contributed by atoms with Crippen molar-refractivity contribution in [3.63, 3.8) is 0 Å². The summed E-state index contributed by atoms with van der Waals surface area (Å²) in [6.45, 7) is 3.51. The van der Waals surface area contributed by atoms with Gasteiger partial charge >= 0.3 is 6.18 Å². The Morgan fingerprint density at radius 2 is 2.10 bits per heavy atom. The number of aryl methyl sites for hydroxylation is 2. The van der Waals surface area contributed by atoms with E-state index in [2.05, 4.69) is 15.2 Å². The predicted molar refractivity (Wildman–Crippen MR) is 67.8 cm³/mol. The van der Waals surface area contributed by atoms with Gasteiger partial charge in [-0.25, -0.2) is 9.50 Å². The largest absolute Gasteiger partial charge is 0.438 e. The number of nitrogens with zero attached hydrogens (tertiary/aromatic N) is 4. The summed E-state index contributed by atoms with van der Waals surface area (Å²) in [6, 6.07) is 1.76. The third-order valence-corrected chi connectivity index (χ3v) is 3.43. The second kappa shape index (κ2) is 4.17. The Morgan fingerprint density at radius 1 is 1.38 bits per heavy atom. The summed E-state index contributed by atoms with van der Waals surface area (Å²) in [5, 5.41) is 17.4. The van der Waals surface area contributed by atoms with Gasteiger partial charge in [-0.15, -0.1) is 0 Å². The monoisotopic (exact) mass is 299 g/mol. The van der Waals surface area contributed by atoms with Gasteiger partial charge in [0.25, 0.3) is 5.72 Å². The second-order valence-electron chi connectivity index (χ2n) is 5.02. The molecule has 0 bridgehead atoms. The third kappa shape index (κ3) is 2.04. The number of hydrogen-bond acceptors (Lipinski definition) is 5. The molecule has 0 unspecified atom stereocenters. The highest BCUT2D eigenvalue weighted by Gasteiger charge is 2.57. The Kier molecular flexibility index (Phi) is 2.74. The lowest BCUT2D eigenvalue weighted by molar-refractivity contribution is -0.266. The summed E-state index contributed by atoms with van der Waals surface area (Å²) in [5.74, 6) is 0. The van der Waals surface area contributed by atoms with Crippen molar-refractivity contribution in [3.8, 4) is 0 Å². The number of nitrogens with one attached hydrogen (secondary N) is 1. The van der Waals surface area contributed by atoms with Gasteiger partial charge in [-0.1, -0.05) is 0 Å². The van der Waals surface area contributed by atoms with Gasteiger partial charge in [0, 0.05) is 17.8 Å². The molecule has 0 aromatic carbocycles. The summed E-state index contributed by atoms with van der Waals surface area (Å²) < 4.78 is 39.9. The van der Waals surface area contributed by atoms with Crippen molar-refractivity contribution < 1.29 is 18.3 Å². The van der Waals surface area contributed by atoms with E-state index in [9.17, 15) is 18.3 Å². The molecule has 2 aromatic rings. The molecule has 0 aliphatic carbocycles. The lowest BCUT2D eigenvalue weighted by atomic mass is 10.0. The van der Waals surface area contributed by atoms with Crippen LogP contribution in [0, 0.1) is 13.8 Å². The molecule has 2 aromatic heterocycles. The Labute approximate surface area is 117 Å². The van der Waals surface area contributed by atoms with E-state index in [1.54, 1.807) is 25.3 Å². The third-order valence-electron chi connectivity index (χ3n) is 3.43. The number of alkyl halides is 3. The molecule has 1 atom stereocenters. The Bertz CT molecular complexity index is 751. The summed E-state index contributed by atoms with van der Waals surface area (Å²) in [6.07, 6.45) is -4.05. The highest BCUT2D eigenvalue weighted by atomic mass is 19.4. The normalized spacial score (nSPS) is 22.5. The van der Waals surface area contributed by atoms with Gasteiger partial charge < -0.3 is 5.11 Å². The number of halogens is 3. The molecule has 6 nitrogen and oxygen atoms in total. The fraction of sp³-hybridized carbons (Fsp3) is 0.417. The smallest absolute Gasteiger partial charge is 0.362 e. The second-order valence-corrected chi connectivity index (χ2v) is 5.02. The van der Waals surface area contributed by atoms with Gasteiger partial charge in [-0.2, -0.15) is 23.4 Å². The van der Waals surface area contributed by atoms with Crippen molar-refractivity contribution in [2.24, 2.45) is 5.10 Å². The first-order chi connectivity index (χ1) is 9.71. The SMILES string of the molecule is Cc1cc2ncc(C3=NN[C@@](O)(C(F)(F)F)C3)c(C)n2n1. The Balaban J connectivity index is 2.01. The zero-order chi connectivity index (χ0) is 15.4. The van der Waals surface area contributed by atoms with Crippen LogP contribution in [0.5, 0.6) is 0 Å². The summed E-state index contributed by atoms with van der Waals surface area (Å²) >= 11 is 0. The molecule has 1 aliphatic rings. The minimum Gasteiger partial charge on any atom is -0.362 e. The molecule has 0 saturated heterocycles. The molecule has 0 amide bonds. The first kappa shape index (κ1) is 13.8. The van der Waals surface area contributed by atoms with Crippen LogP contribution in [0.4, 0.5) is 13.2 Å². The quantitative estimate of drug-likeness (QED) is 0.832. The van der Waals surface area contributed by atoms with Gasteiger partial charge in [0.05, 0.1) is 23.5 Å². The van der Waals surface area contributed by atoms with Gasteiger partial charge in [0.15, 0.2) is 5.65 Å². The predicted octanol–water partition coefficient (Wildman–Crippen LogP) is 1.29. The maximum absolute atomic E-state index is 12.8. The van der Waals surface area contributed by atoms with Crippen LogP contribution in [0.25, 0.3) is 5.65 Å². The topological polar surface area (TPSA) is 74.8 Å². The van der Waals surface area contributed by atoms with E-state index in [1.165, 1.54) is 10.7 Å². The van der Waals surface area contributed by atoms with E-state index in [4.69, 9.17) is 0 Å². The highest BCUT2D eigenvalue weighted by molar-refractivity contribution is 6.02. The number of fused-ring (bicyclic) bond motifs is 1. The zero-order valence-electron chi connectivity index (χ0n) is 11.2. The fourth-order valence-corrected chi connectivity index (χ4v) is 2.25. The number of hydrogen-bond donors (Lipinski definition) is 2. The van der Waals surface area contributed by atoms with Crippen molar-refractivity contribution in [1.82, 2.24) is 20.0 Å². The van der Waals surface area contributed by atoms with E-state index < -0.39 is 18.3 Å². The van der Waals surface area contributed by atoms with Gasteiger partial charge in [-0.05, 0) is 13.8 Å². The van der Waals surface area contributed by atoms with Crippen molar-refractivity contribution in [2.75, 3.05) is 0 Å². The van der Waals surface area contributed by atoms with Crippen LogP contribution in [-0.4, -0.2) is 37.3 Å². The lowest BCUT2D eigenvalue weighted by Gasteiger charge is -2.24. The van der Waals surface area contributed by atoms with Gasteiger partial charge in [-0.3, -0.25) is 5.43 Å². The van der Waals surface area contributed by atoms with Crippen LogP contribution < -0.4 is 5.43 Å². The minimum atomic E-state index is -4.81. The van der Waals surface area contributed by atoms with Gasteiger partial charge in [0.2, 0.25) is 0 Å². The van der Waals surface area contributed by atoms with Crippen LogP contribution in [0.15, 0.2) is 17.4 Å². The first-order valence-electron chi connectivity index (χ1n) is 6.16. The average molecular weight is 299 g/mol. The molecule has 3 heterocycles. The number of aliphatic hydroxyl groups is 1. The van der Waals surface area contributed by atoms with Gasteiger partial charge in [0.1, 0.15) is 0 Å². The van der Waals surface area contributed by atoms with Crippen molar-refractivity contribution in [2.45, 2.75) is 32.2 Å². The van der Waals surface area contributed by atoms with E-state index in [-0.39, 0.29) is 5.71 Å². The Hall–Kier alpha value is -2.16. The molecular formula is C12H12F3N5O. The van der Waals surface area contributed by atoms with Crippen LogP contribution in [0.2, 0.25) is 0 Å². The number of rotatable bonds is 1. The van der Waals surface area contributed by atoms with E-state index in [0.717, 1.165) is 5.69 Å². The van der Waals surface area contributed by atoms with Crippen molar-refractivity contribution >= 4 is 11.4 Å². The molecular weight excluding hydrogens is 287 g/mol. The van der Waals surface area contributed by atoms with Crippen LogP contribution >= 0.6 is 0 Å². The molecule has 3 rings (SSSR count). The Morgan fingerprint density at radius 3 is 2.71 bits per heavy atom. The molecule has 0 radical (unpaired) electrons. The molecule has 9 heteroatoms. The molecule has 2 N–H and O–H groups in total. The summed E-state index contributed by atoms with van der Waals surface area (Å²) in [4.78, 5) is 4.15. The fourth-order valence-electron chi connectivity index (χ4n) is 2.25. The molecule has 21 heavy (non-hydrogen) atoms. The molecule has 1 aliphatic heterocycles. The average Bonchev–Trinajstić information content (AvgIpc) is 2.93. The molecule has 0 saturated carbocycles. The summed E-state index contributed by atoms with van der Waals surface area (Å²) in [5.41, 5.74) is 1.20. The lowest BCUT2D eigenvalue weighted by Crippen LogP contribution is -2.52. The van der Waals surface area contributed by atoms with Crippen molar-refractivity contribution in [3.05, 3.63) is 29.2 Å². The standard InChI is InChI=1S/C12H12F3N5O/c1-6-3-10-16-5-8(7(2)20(10)18-6)9-4-11(21,19-17-9)12(13,14)15/h3,5,19,21H,4H2,1-2H3/t11-/m0/s1. The maximum Gasteiger partial charge on any atom is 0.438 e. The minimum absolute atomic E-state index is 0.0925. The zero-order valence-corrected chi connectivity index (χ0v) is 11.2. The van der Waals surface area contributed by atoms with Crippen LogP contribution in [0.3, 0.4) is 0 Å². The van der Waals surface area contributed by atoms with E-state index >= 15 is 0 Å². The highest BCUT2D eigenvalue weighted by Crippen LogP contribution is 2.35. The number of aromatic nitrogens is 3. The molecule has 112 valence electrons.